The third-order valence-corrected chi connectivity index (χ3v) is 10.9. The molecule has 2 aliphatic rings. The Morgan fingerprint density at radius 2 is 1.37 bits per heavy atom. The number of aryl methyl sites for hydroxylation is 4. The van der Waals surface area contributed by atoms with Crippen molar-refractivity contribution >= 4 is 50.3 Å². The fourth-order valence-corrected chi connectivity index (χ4v) is 7.38. The Morgan fingerprint density at radius 3 is 2.06 bits per heavy atom. The Bertz CT molecular complexity index is 2240. The standard InChI is InChI=1S/C45H52N4O2/c1-10-13-15-17-34-30(8)38-23-36-26(4)28(6)44(48-36)43(32-19-21-33(22-20-32)51-42(50)12-3)45-29(7)27(5)37(49-45)24-39-31(9)35(18-16-14-11-2)41(47-39)25-40(34)46-38/h12,19-25,46,48H,3,10-11,13-18H2,1-2,4-9H3. The minimum atomic E-state index is -0.484. The van der Waals surface area contributed by atoms with Crippen molar-refractivity contribution in [2.45, 2.75) is 107 Å². The number of H-pyrrole nitrogens is 2. The number of nitrogens with zero attached hydrogens (tertiary/aromatic N) is 2. The molecule has 0 spiro atoms. The van der Waals surface area contributed by atoms with Crippen molar-refractivity contribution in [3.8, 4) is 16.9 Å². The van der Waals surface area contributed by atoms with E-state index in [9.17, 15) is 4.79 Å². The predicted molar refractivity (Wildman–Crippen MR) is 215 cm³/mol. The van der Waals surface area contributed by atoms with Gasteiger partial charge in [0.05, 0.1) is 28.3 Å². The van der Waals surface area contributed by atoms with Crippen LogP contribution in [0.15, 0.2) is 55.1 Å². The Labute approximate surface area is 302 Å². The van der Waals surface area contributed by atoms with E-state index in [1.807, 2.05) is 24.3 Å². The molecule has 3 aromatic heterocycles. The molecule has 51 heavy (non-hydrogen) atoms. The van der Waals surface area contributed by atoms with Gasteiger partial charge in [-0.3, -0.25) is 0 Å². The van der Waals surface area contributed by atoms with Gasteiger partial charge < -0.3 is 14.7 Å². The molecule has 6 rings (SSSR count). The highest BCUT2D eigenvalue weighted by Gasteiger charge is 2.23. The zero-order valence-corrected chi connectivity index (χ0v) is 31.7. The average molecular weight is 681 g/mol. The summed E-state index contributed by atoms with van der Waals surface area (Å²) in [6.07, 6.45) is 10.3. The van der Waals surface area contributed by atoms with Gasteiger partial charge in [0.25, 0.3) is 0 Å². The van der Waals surface area contributed by atoms with E-state index in [-0.39, 0.29) is 0 Å². The monoisotopic (exact) mass is 680 g/mol. The number of benzene rings is 1. The van der Waals surface area contributed by atoms with Crippen LogP contribution in [0.1, 0.15) is 125 Å². The Morgan fingerprint density at radius 1 is 0.706 bits per heavy atom. The number of carbonyl (C=O) groups excluding carboxylic acids is 1. The molecule has 0 fully saturated rings. The first kappa shape index (κ1) is 35.8. The highest BCUT2D eigenvalue weighted by Crippen LogP contribution is 2.41. The molecule has 0 atom stereocenters. The van der Waals surface area contributed by atoms with Crippen molar-refractivity contribution in [3.05, 3.63) is 100 Å². The van der Waals surface area contributed by atoms with Crippen molar-refractivity contribution < 1.29 is 9.53 Å². The highest BCUT2D eigenvalue weighted by atomic mass is 16.5. The number of carbonyl (C=O) groups is 1. The van der Waals surface area contributed by atoms with E-state index in [0.717, 1.165) is 92.8 Å². The van der Waals surface area contributed by atoms with Crippen LogP contribution in [0.3, 0.4) is 0 Å². The number of hydrogen-bond donors (Lipinski definition) is 2. The second kappa shape index (κ2) is 15.1. The number of aromatic amines is 2. The van der Waals surface area contributed by atoms with E-state index in [4.69, 9.17) is 14.7 Å². The number of aromatic nitrogens is 4. The van der Waals surface area contributed by atoms with Crippen molar-refractivity contribution in [2.75, 3.05) is 0 Å². The lowest BCUT2D eigenvalue weighted by Crippen LogP contribution is -2.02. The number of esters is 1. The largest absolute Gasteiger partial charge is 0.423 e. The molecule has 0 radical (unpaired) electrons. The van der Waals surface area contributed by atoms with E-state index in [1.54, 1.807) is 0 Å². The van der Waals surface area contributed by atoms with E-state index in [2.05, 4.69) is 90.1 Å². The lowest BCUT2D eigenvalue weighted by Gasteiger charge is -2.09. The molecule has 0 saturated heterocycles. The summed E-state index contributed by atoms with van der Waals surface area (Å²) in [6, 6.07) is 14.4. The fraction of sp³-hybridized carbons (Fsp3) is 0.356. The lowest BCUT2D eigenvalue weighted by atomic mass is 9.97. The molecule has 0 amide bonds. The molecule has 2 aliphatic heterocycles. The van der Waals surface area contributed by atoms with Crippen molar-refractivity contribution in [1.29, 1.82) is 0 Å². The number of fused-ring (bicyclic) bond motifs is 8. The van der Waals surface area contributed by atoms with Gasteiger partial charge in [-0.15, -0.1) is 0 Å². The molecule has 4 aromatic rings. The molecule has 1 aromatic carbocycles. The number of hydrogen-bond acceptors (Lipinski definition) is 4. The van der Waals surface area contributed by atoms with Crippen molar-refractivity contribution in [3.63, 3.8) is 0 Å². The van der Waals surface area contributed by atoms with Gasteiger partial charge in [-0.05, 0) is 148 Å². The summed E-state index contributed by atoms with van der Waals surface area (Å²) in [5, 5.41) is 0. The lowest BCUT2D eigenvalue weighted by molar-refractivity contribution is -0.128. The molecule has 264 valence electrons. The number of allylic oxidation sites excluding steroid dienone is 4. The second-order valence-electron chi connectivity index (χ2n) is 14.2. The molecule has 5 heterocycles. The maximum Gasteiger partial charge on any atom is 0.335 e. The van der Waals surface area contributed by atoms with Crippen LogP contribution in [-0.4, -0.2) is 25.9 Å². The molecular weight excluding hydrogens is 629 g/mol. The fourth-order valence-electron chi connectivity index (χ4n) is 7.38. The van der Waals surface area contributed by atoms with Gasteiger partial charge in [-0.2, -0.15) is 0 Å². The summed E-state index contributed by atoms with van der Waals surface area (Å²) < 4.78 is 5.43. The maximum atomic E-state index is 11.9. The molecule has 6 nitrogen and oxygen atoms in total. The number of ether oxygens (including phenoxy) is 1. The van der Waals surface area contributed by atoms with Gasteiger partial charge >= 0.3 is 5.97 Å². The molecule has 0 saturated carbocycles. The molecule has 2 N–H and O–H groups in total. The first-order chi connectivity index (χ1) is 24.6. The van der Waals surface area contributed by atoms with E-state index in [1.165, 1.54) is 65.2 Å². The van der Waals surface area contributed by atoms with Crippen LogP contribution in [0.4, 0.5) is 0 Å². The summed E-state index contributed by atoms with van der Waals surface area (Å²) in [5.74, 6) is -0.0152. The Kier molecular flexibility index (Phi) is 10.6. The van der Waals surface area contributed by atoms with Crippen molar-refractivity contribution in [2.24, 2.45) is 0 Å². The van der Waals surface area contributed by atoms with Gasteiger partial charge in [-0.1, -0.05) is 58.2 Å². The number of nitrogens with one attached hydrogen (secondary N) is 2. The minimum absolute atomic E-state index is 0.469. The predicted octanol–water partition coefficient (Wildman–Crippen LogP) is 12.2. The van der Waals surface area contributed by atoms with Crippen LogP contribution < -0.4 is 4.74 Å². The van der Waals surface area contributed by atoms with Gasteiger partial charge in [0.2, 0.25) is 0 Å². The van der Waals surface area contributed by atoms with Crippen LogP contribution in [0.25, 0.3) is 55.5 Å². The quantitative estimate of drug-likeness (QED) is 0.0715. The van der Waals surface area contributed by atoms with Crippen LogP contribution >= 0.6 is 0 Å². The van der Waals surface area contributed by atoms with E-state index < -0.39 is 5.97 Å². The Balaban J connectivity index is 1.72. The topological polar surface area (TPSA) is 83.7 Å². The van der Waals surface area contributed by atoms with Crippen LogP contribution in [0.2, 0.25) is 0 Å². The van der Waals surface area contributed by atoms with Gasteiger partial charge in [0.1, 0.15) is 5.75 Å². The normalized spacial score (nSPS) is 12.9. The number of rotatable bonds is 11. The van der Waals surface area contributed by atoms with Crippen LogP contribution in [0.5, 0.6) is 5.75 Å². The highest BCUT2D eigenvalue weighted by molar-refractivity contribution is 6.01. The summed E-state index contributed by atoms with van der Waals surface area (Å²) >= 11 is 0. The second-order valence-corrected chi connectivity index (χ2v) is 14.2. The van der Waals surface area contributed by atoms with E-state index >= 15 is 0 Å². The first-order valence-electron chi connectivity index (χ1n) is 18.6. The maximum absolute atomic E-state index is 11.9. The third kappa shape index (κ3) is 7.01. The van der Waals surface area contributed by atoms with Crippen LogP contribution in [0, 0.1) is 20.8 Å². The van der Waals surface area contributed by atoms with Crippen molar-refractivity contribution in [1.82, 2.24) is 19.9 Å². The molecule has 0 unspecified atom stereocenters. The SMILES string of the molecule is C=CC(=O)Oc1ccc(-c2c3nc(cc4nc(cc5[nH]c(cc6[nH]c2c(C)c6C)c(C)c5CCCCC)C(CCCCC)=C4C)C(C)=C3C)cc1. The van der Waals surface area contributed by atoms with Gasteiger partial charge in [0.15, 0.2) is 0 Å². The zero-order chi connectivity index (χ0) is 36.4. The summed E-state index contributed by atoms with van der Waals surface area (Å²) in [4.78, 5) is 30.3. The molecular formula is C45H52N4O2. The summed E-state index contributed by atoms with van der Waals surface area (Å²) in [7, 11) is 0. The molecule has 6 heteroatoms. The summed E-state index contributed by atoms with van der Waals surface area (Å²) in [6.45, 7) is 21.2. The zero-order valence-electron chi connectivity index (χ0n) is 31.7. The molecule has 0 aliphatic carbocycles. The minimum Gasteiger partial charge on any atom is -0.423 e. The van der Waals surface area contributed by atoms with Gasteiger partial charge in [-0.25, -0.2) is 14.8 Å². The third-order valence-electron chi connectivity index (χ3n) is 10.9. The van der Waals surface area contributed by atoms with Gasteiger partial charge in [0, 0.05) is 28.2 Å². The first-order valence-corrected chi connectivity index (χ1v) is 18.6. The smallest absolute Gasteiger partial charge is 0.335 e. The molecule has 8 bridgehead atoms. The number of unbranched alkanes of at least 4 members (excludes halogenated alkanes) is 4. The average Bonchev–Trinajstić information content (AvgIpc) is 3.77. The van der Waals surface area contributed by atoms with E-state index in [0.29, 0.717) is 5.75 Å². The summed E-state index contributed by atoms with van der Waals surface area (Å²) in [5.41, 5.74) is 20.1. The van der Waals surface area contributed by atoms with Crippen LogP contribution in [-0.2, 0) is 11.2 Å². The Hall–Kier alpha value is -4.97.